The Morgan fingerprint density at radius 3 is 2.40 bits per heavy atom. The predicted molar refractivity (Wildman–Crippen MR) is 110 cm³/mol. The number of hydrogen-bond donors (Lipinski definition) is 1. The monoisotopic (exact) mass is 473 g/mol. The van der Waals surface area contributed by atoms with E-state index in [1.807, 2.05) is 0 Å². The summed E-state index contributed by atoms with van der Waals surface area (Å²) in [6.45, 7) is 0.107. The van der Waals surface area contributed by atoms with Gasteiger partial charge in [0, 0.05) is 6.07 Å². The Labute approximate surface area is 182 Å². The number of carbonyl (C=O) groups excluding carboxylic acids is 2. The molecule has 0 aliphatic carbocycles. The Hall–Kier alpha value is -2.49. The minimum atomic E-state index is -3.76. The van der Waals surface area contributed by atoms with Crippen molar-refractivity contribution in [2.45, 2.75) is 11.3 Å². The van der Waals surface area contributed by atoms with Crippen LogP contribution in [0.15, 0.2) is 41.3 Å². The summed E-state index contributed by atoms with van der Waals surface area (Å²) in [5.41, 5.74) is 0.197. The van der Waals surface area contributed by atoms with E-state index in [9.17, 15) is 18.0 Å². The number of sulfone groups is 1. The zero-order chi connectivity index (χ0) is 21.7. The van der Waals surface area contributed by atoms with Crippen molar-refractivity contribution in [3.8, 4) is 11.5 Å². The highest BCUT2D eigenvalue weighted by atomic mass is 35.5. The topological polar surface area (TPSA) is 108 Å². The largest absolute Gasteiger partial charge is 0.486 e. The molecular formula is C19H17Cl2NO7S. The Kier molecular flexibility index (Phi) is 7.06. The van der Waals surface area contributed by atoms with E-state index < -0.39 is 40.5 Å². The second-order valence-electron chi connectivity index (χ2n) is 6.18. The number of ether oxygens (including phenoxy) is 3. The van der Waals surface area contributed by atoms with Crippen molar-refractivity contribution in [1.29, 1.82) is 0 Å². The molecule has 11 heteroatoms. The Morgan fingerprint density at radius 1 is 1.03 bits per heavy atom. The highest BCUT2D eigenvalue weighted by Crippen LogP contribution is 2.32. The number of nitrogens with one attached hydrogen (secondary N) is 1. The number of carbonyl (C=O) groups is 2. The summed E-state index contributed by atoms with van der Waals surface area (Å²) in [6, 6.07) is 8.94. The maximum absolute atomic E-state index is 12.5. The van der Waals surface area contributed by atoms with Crippen molar-refractivity contribution >= 4 is 50.6 Å². The summed E-state index contributed by atoms with van der Waals surface area (Å²) in [4.78, 5) is 23.8. The number of hydrogen-bond acceptors (Lipinski definition) is 7. The van der Waals surface area contributed by atoms with Gasteiger partial charge in [-0.3, -0.25) is 9.59 Å². The van der Waals surface area contributed by atoms with Crippen LogP contribution < -0.4 is 14.8 Å². The highest BCUT2D eigenvalue weighted by molar-refractivity contribution is 7.91. The van der Waals surface area contributed by atoms with Crippen LogP contribution in [0.1, 0.15) is 6.42 Å². The molecule has 0 saturated carbocycles. The number of para-hydroxylation sites is 1. The Bertz CT molecular complexity index is 1050. The van der Waals surface area contributed by atoms with E-state index >= 15 is 0 Å². The molecule has 0 bridgehead atoms. The van der Waals surface area contributed by atoms with Crippen LogP contribution in [0, 0.1) is 0 Å². The molecule has 2 aromatic carbocycles. The van der Waals surface area contributed by atoms with Gasteiger partial charge in [-0.1, -0.05) is 29.3 Å². The van der Waals surface area contributed by atoms with Crippen molar-refractivity contribution in [3.63, 3.8) is 0 Å². The molecule has 160 valence electrons. The molecule has 0 fully saturated rings. The molecule has 1 aliphatic rings. The summed E-state index contributed by atoms with van der Waals surface area (Å²) in [5.74, 6) is -1.18. The summed E-state index contributed by atoms with van der Waals surface area (Å²) in [6.07, 6.45) is -0.420. The summed E-state index contributed by atoms with van der Waals surface area (Å²) in [7, 11) is -3.76. The molecule has 0 atom stereocenters. The Balaban J connectivity index is 1.51. The lowest BCUT2D eigenvalue weighted by atomic mass is 10.3. The molecule has 0 saturated heterocycles. The van der Waals surface area contributed by atoms with E-state index in [1.54, 1.807) is 6.07 Å². The van der Waals surface area contributed by atoms with Crippen LogP contribution >= 0.6 is 23.2 Å². The van der Waals surface area contributed by atoms with E-state index in [0.29, 0.717) is 24.7 Å². The summed E-state index contributed by atoms with van der Waals surface area (Å²) >= 11 is 11.9. The van der Waals surface area contributed by atoms with Crippen molar-refractivity contribution in [3.05, 3.63) is 46.4 Å². The molecule has 30 heavy (non-hydrogen) atoms. The van der Waals surface area contributed by atoms with Crippen LogP contribution in [0.3, 0.4) is 0 Å². The molecule has 1 heterocycles. The molecule has 2 aromatic rings. The highest BCUT2D eigenvalue weighted by Gasteiger charge is 2.21. The van der Waals surface area contributed by atoms with Crippen molar-refractivity contribution in [1.82, 2.24) is 0 Å². The zero-order valence-electron chi connectivity index (χ0n) is 15.5. The number of amides is 1. The van der Waals surface area contributed by atoms with Crippen molar-refractivity contribution in [2.24, 2.45) is 0 Å². The number of anilines is 1. The molecule has 1 aliphatic heterocycles. The lowest BCUT2D eigenvalue weighted by molar-refractivity contribution is -0.146. The lowest BCUT2D eigenvalue weighted by Crippen LogP contribution is -2.22. The molecule has 1 amide bonds. The number of benzene rings is 2. The minimum absolute atomic E-state index is 0.00524. The minimum Gasteiger partial charge on any atom is -0.486 e. The van der Waals surface area contributed by atoms with Gasteiger partial charge < -0.3 is 19.5 Å². The summed E-state index contributed by atoms with van der Waals surface area (Å²) < 4.78 is 40.5. The SMILES string of the molecule is O=C(COC(=O)CCS(=O)(=O)c1ccc2c(c1)OCCO2)Nc1c(Cl)cccc1Cl. The number of esters is 1. The average Bonchev–Trinajstić information content (AvgIpc) is 2.73. The molecule has 0 radical (unpaired) electrons. The fourth-order valence-corrected chi connectivity index (χ4v) is 4.29. The normalized spacial score (nSPS) is 12.9. The molecule has 8 nitrogen and oxygen atoms in total. The number of rotatable bonds is 7. The molecule has 0 spiro atoms. The lowest BCUT2D eigenvalue weighted by Gasteiger charge is -2.18. The maximum atomic E-state index is 12.5. The first-order chi connectivity index (χ1) is 14.3. The van der Waals surface area contributed by atoms with E-state index in [1.165, 1.54) is 30.3 Å². The quantitative estimate of drug-likeness (QED) is 0.615. The van der Waals surface area contributed by atoms with Crippen LogP contribution in [0.25, 0.3) is 0 Å². The number of halogens is 2. The van der Waals surface area contributed by atoms with E-state index in [-0.39, 0.29) is 20.6 Å². The molecule has 0 aromatic heterocycles. The first-order valence-corrected chi connectivity index (χ1v) is 11.2. The first kappa shape index (κ1) is 22.2. The van der Waals surface area contributed by atoms with Gasteiger partial charge >= 0.3 is 5.97 Å². The van der Waals surface area contributed by atoms with Gasteiger partial charge in [-0.2, -0.15) is 0 Å². The van der Waals surface area contributed by atoms with Gasteiger partial charge in [0.1, 0.15) is 13.2 Å². The van der Waals surface area contributed by atoms with Gasteiger partial charge in [-0.05, 0) is 24.3 Å². The van der Waals surface area contributed by atoms with Crippen LogP contribution in [0.2, 0.25) is 10.0 Å². The second kappa shape index (κ2) is 9.55. The first-order valence-electron chi connectivity index (χ1n) is 8.78. The van der Waals surface area contributed by atoms with Gasteiger partial charge in [-0.15, -0.1) is 0 Å². The third kappa shape index (κ3) is 5.56. The average molecular weight is 474 g/mol. The van der Waals surface area contributed by atoms with Crippen LogP contribution in [-0.2, 0) is 24.2 Å². The van der Waals surface area contributed by atoms with Gasteiger partial charge in [-0.25, -0.2) is 8.42 Å². The van der Waals surface area contributed by atoms with Crippen molar-refractivity contribution < 1.29 is 32.2 Å². The van der Waals surface area contributed by atoms with Crippen LogP contribution in [-0.4, -0.2) is 45.9 Å². The third-order valence-electron chi connectivity index (χ3n) is 4.04. The fourth-order valence-electron chi connectivity index (χ4n) is 2.56. The van der Waals surface area contributed by atoms with E-state index in [4.69, 9.17) is 37.4 Å². The van der Waals surface area contributed by atoms with Crippen LogP contribution in [0.5, 0.6) is 11.5 Å². The molecule has 0 unspecified atom stereocenters. The zero-order valence-corrected chi connectivity index (χ0v) is 17.8. The predicted octanol–water partition coefficient (Wildman–Crippen LogP) is 3.11. The fraction of sp³-hybridized carbons (Fsp3) is 0.263. The van der Waals surface area contributed by atoms with Gasteiger partial charge in [0.15, 0.2) is 27.9 Å². The molecule has 3 rings (SSSR count). The smallest absolute Gasteiger partial charge is 0.307 e. The summed E-state index contributed by atoms with van der Waals surface area (Å²) in [5, 5.41) is 2.90. The van der Waals surface area contributed by atoms with Crippen LogP contribution in [0.4, 0.5) is 5.69 Å². The maximum Gasteiger partial charge on any atom is 0.307 e. The standard InChI is InChI=1S/C19H17Cl2NO7S/c20-13-2-1-3-14(21)19(13)22-17(23)11-29-18(24)6-9-30(25,26)12-4-5-15-16(10-12)28-8-7-27-15/h1-5,10H,6-9,11H2,(H,22,23). The van der Waals surface area contributed by atoms with E-state index in [2.05, 4.69) is 5.32 Å². The van der Waals surface area contributed by atoms with Gasteiger partial charge in [0.25, 0.3) is 5.91 Å². The molecule has 1 N–H and O–H groups in total. The number of fused-ring (bicyclic) bond motifs is 1. The second-order valence-corrected chi connectivity index (χ2v) is 9.10. The van der Waals surface area contributed by atoms with Gasteiger partial charge in [0.2, 0.25) is 0 Å². The van der Waals surface area contributed by atoms with E-state index in [0.717, 1.165) is 0 Å². The van der Waals surface area contributed by atoms with Gasteiger partial charge in [0.05, 0.1) is 32.8 Å². The molecular weight excluding hydrogens is 457 g/mol. The van der Waals surface area contributed by atoms with Crippen molar-refractivity contribution in [2.75, 3.05) is 30.9 Å². The third-order valence-corrected chi connectivity index (χ3v) is 6.38. The Morgan fingerprint density at radius 2 is 1.70 bits per heavy atom.